The van der Waals surface area contributed by atoms with Gasteiger partial charge < -0.3 is 0 Å². The summed E-state index contributed by atoms with van der Waals surface area (Å²) in [6, 6.07) is 6.61. The number of aryl methyl sites for hydroxylation is 1. The van der Waals surface area contributed by atoms with Crippen LogP contribution in [0.1, 0.15) is 19.4 Å². The Morgan fingerprint density at radius 1 is 1.31 bits per heavy atom. The van der Waals surface area contributed by atoms with E-state index in [-0.39, 0.29) is 4.90 Å². The zero-order valence-corrected chi connectivity index (χ0v) is 10.3. The monoisotopic (exact) mass is 238 g/mol. The van der Waals surface area contributed by atoms with E-state index in [0.29, 0.717) is 5.56 Å². The number of terminal acetylenes is 1. The number of rotatable bonds is 3. The van der Waals surface area contributed by atoms with E-state index >= 15 is 0 Å². The van der Waals surface area contributed by atoms with Crippen molar-refractivity contribution < 1.29 is 12.6 Å². The summed E-state index contributed by atoms with van der Waals surface area (Å²) in [5, 5.41) is 0. The lowest BCUT2D eigenvalue weighted by Crippen LogP contribution is -2.26. The fourth-order valence-corrected chi connectivity index (χ4v) is 2.57. The second-order valence-corrected chi connectivity index (χ2v) is 5.47. The summed E-state index contributed by atoms with van der Waals surface area (Å²) in [5.74, 6) is 2.29. The third-order valence-corrected chi connectivity index (χ3v) is 3.66. The molecule has 16 heavy (non-hydrogen) atoms. The van der Waals surface area contributed by atoms with Crippen LogP contribution in [0.25, 0.3) is 0 Å². The summed E-state index contributed by atoms with van der Waals surface area (Å²) >= 11 is 0. The molecule has 0 fully saturated rings. The minimum Gasteiger partial charge on any atom is -0.247 e. The van der Waals surface area contributed by atoms with Gasteiger partial charge in [0.25, 0.3) is 10.1 Å². The standard InChI is InChI=1S/C12H14O3S/c1-5-12(3,4)15-16(13,14)11-9-7-6-8-10(11)2/h1,6-9H,2-4H3. The van der Waals surface area contributed by atoms with Gasteiger partial charge in [-0.2, -0.15) is 8.42 Å². The molecule has 0 amide bonds. The zero-order valence-electron chi connectivity index (χ0n) is 9.52. The number of hydrogen-bond donors (Lipinski definition) is 0. The molecule has 0 unspecified atom stereocenters. The maximum atomic E-state index is 11.9. The van der Waals surface area contributed by atoms with Gasteiger partial charge in [0.05, 0.1) is 4.90 Å². The first-order chi connectivity index (χ1) is 7.28. The van der Waals surface area contributed by atoms with Crippen molar-refractivity contribution in [2.24, 2.45) is 0 Å². The van der Waals surface area contributed by atoms with E-state index in [1.807, 2.05) is 0 Å². The molecule has 86 valence electrons. The van der Waals surface area contributed by atoms with E-state index in [9.17, 15) is 8.42 Å². The van der Waals surface area contributed by atoms with Gasteiger partial charge in [-0.15, -0.1) is 6.42 Å². The van der Waals surface area contributed by atoms with E-state index < -0.39 is 15.7 Å². The molecule has 0 N–H and O–H groups in total. The first kappa shape index (κ1) is 12.8. The Labute approximate surface area is 96.6 Å². The topological polar surface area (TPSA) is 43.4 Å². The van der Waals surface area contributed by atoms with Gasteiger partial charge in [-0.3, -0.25) is 0 Å². The Kier molecular flexibility index (Phi) is 3.41. The molecule has 0 spiro atoms. The lowest BCUT2D eigenvalue weighted by Gasteiger charge is -2.18. The summed E-state index contributed by atoms with van der Waals surface area (Å²) in [5.41, 5.74) is -0.503. The number of hydrogen-bond acceptors (Lipinski definition) is 3. The Hall–Kier alpha value is -1.31. The van der Waals surface area contributed by atoms with Gasteiger partial charge in [0.2, 0.25) is 0 Å². The van der Waals surface area contributed by atoms with E-state index in [2.05, 4.69) is 5.92 Å². The molecular weight excluding hydrogens is 224 g/mol. The zero-order chi connectivity index (χ0) is 12.4. The highest BCUT2D eigenvalue weighted by molar-refractivity contribution is 7.86. The Balaban J connectivity index is 3.16. The SMILES string of the molecule is C#CC(C)(C)OS(=O)(=O)c1ccccc1C. The quantitative estimate of drug-likeness (QED) is 0.598. The lowest BCUT2D eigenvalue weighted by atomic mass is 10.2. The molecule has 0 aliphatic rings. The molecule has 4 heteroatoms. The highest BCUT2D eigenvalue weighted by atomic mass is 32.2. The van der Waals surface area contributed by atoms with Crippen LogP contribution in [-0.4, -0.2) is 14.0 Å². The van der Waals surface area contributed by atoms with Gasteiger partial charge in [-0.1, -0.05) is 24.1 Å². The molecule has 1 rings (SSSR count). The second-order valence-electron chi connectivity index (χ2n) is 3.96. The Morgan fingerprint density at radius 2 is 1.88 bits per heavy atom. The van der Waals surface area contributed by atoms with Crippen LogP contribution in [0, 0.1) is 19.3 Å². The van der Waals surface area contributed by atoms with Gasteiger partial charge in [0.1, 0.15) is 5.60 Å². The molecule has 0 aromatic heterocycles. The van der Waals surface area contributed by atoms with Crippen molar-refractivity contribution >= 4 is 10.1 Å². The van der Waals surface area contributed by atoms with Gasteiger partial charge in [-0.05, 0) is 32.4 Å². The van der Waals surface area contributed by atoms with Crippen LogP contribution < -0.4 is 0 Å². The van der Waals surface area contributed by atoms with Crippen LogP contribution in [0.15, 0.2) is 29.2 Å². The fourth-order valence-electron chi connectivity index (χ4n) is 1.18. The van der Waals surface area contributed by atoms with Crippen molar-refractivity contribution in [2.45, 2.75) is 31.3 Å². The van der Waals surface area contributed by atoms with Crippen molar-refractivity contribution in [1.29, 1.82) is 0 Å². The average molecular weight is 238 g/mol. The summed E-state index contributed by atoms with van der Waals surface area (Å²) in [6.45, 7) is 4.77. The highest BCUT2D eigenvalue weighted by Crippen LogP contribution is 2.22. The van der Waals surface area contributed by atoms with Crippen LogP contribution in [0.3, 0.4) is 0 Å². The molecule has 0 heterocycles. The first-order valence-corrected chi connectivity index (χ1v) is 6.18. The molecular formula is C12H14O3S. The van der Waals surface area contributed by atoms with E-state index in [1.54, 1.807) is 25.1 Å². The van der Waals surface area contributed by atoms with Crippen molar-refractivity contribution in [3.63, 3.8) is 0 Å². The predicted molar refractivity (Wildman–Crippen MR) is 62.4 cm³/mol. The predicted octanol–water partition coefficient (Wildman–Crippen LogP) is 2.11. The molecule has 0 bridgehead atoms. The van der Waals surface area contributed by atoms with Crippen molar-refractivity contribution in [1.82, 2.24) is 0 Å². The van der Waals surface area contributed by atoms with Crippen LogP contribution in [0.2, 0.25) is 0 Å². The smallest absolute Gasteiger partial charge is 0.247 e. The maximum absolute atomic E-state index is 11.9. The van der Waals surface area contributed by atoms with E-state index in [4.69, 9.17) is 10.6 Å². The molecule has 0 radical (unpaired) electrons. The minimum absolute atomic E-state index is 0.151. The summed E-state index contributed by atoms with van der Waals surface area (Å²) in [7, 11) is -3.80. The second kappa shape index (κ2) is 4.28. The largest absolute Gasteiger partial charge is 0.298 e. The number of benzene rings is 1. The van der Waals surface area contributed by atoms with Crippen molar-refractivity contribution in [3.05, 3.63) is 29.8 Å². The fraction of sp³-hybridized carbons (Fsp3) is 0.333. The van der Waals surface area contributed by atoms with Crippen LogP contribution in [0.5, 0.6) is 0 Å². The highest BCUT2D eigenvalue weighted by Gasteiger charge is 2.27. The molecule has 3 nitrogen and oxygen atoms in total. The van der Waals surface area contributed by atoms with Gasteiger partial charge in [0.15, 0.2) is 0 Å². The first-order valence-electron chi connectivity index (χ1n) is 4.77. The normalized spacial score (nSPS) is 12.1. The Bertz CT molecular complexity index is 521. The van der Waals surface area contributed by atoms with Gasteiger partial charge in [-0.25, -0.2) is 4.18 Å². The maximum Gasteiger partial charge on any atom is 0.298 e. The van der Waals surface area contributed by atoms with Crippen molar-refractivity contribution in [3.8, 4) is 12.3 Å². The van der Waals surface area contributed by atoms with Crippen LogP contribution in [-0.2, 0) is 14.3 Å². The summed E-state index contributed by atoms with van der Waals surface area (Å²) < 4.78 is 28.8. The van der Waals surface area contributed by atoms with Crippen LogP contribution in [0.4, 0.5) is 0 Å². The molecule has 1 aromatic rings. The van der Waals surface area contributed by atoms with E-state index in [1.165, 1.54) is 19.9 Å². The molecule has 0 aliphatic carbocycles. The van der Waals surface area contributed by atoms with Gasteiger partial charge in [0, 0.05) is 0 Å². The molecule has 0 atom stereocenters. The molecule has 0 saturated carbocycles. The molecule has 0 aliphatic heterocycles. The average Bonchev–Trinajstić information content (AvgIpc) is 2.16. The summed E-state index contributed by atoms with van der Waals surface area (Å²) in [4.78, 5) is 0.151. The summed E-state index contributed by atoms with van der Waals surface area (Å²) in [6.07, 6.45) is 5.19. The van der Waals surface area contributed by atoms with Gasteiger partial charge >= 0.3 is 0 Å². The molecule has 1 aromatic carbocycles. The van der Waals surface area contributed by atoms with Crippen molar-refractivity contribution in [2.75, 3.05) is 0 Å². The third-order valence-electron chi connectivity index (χ3n) is 2.03. The van der Waals surface area contributed by atoms with E-state index in [0.717, 1.165) is 0 Å². The third kappa shape index (κ3) is 2.84. The minimum atomic E-state index is -3.80. The lowest BCUT2D eigenvalue weighted by molar-refractivity contribution is 0.181. The van der Waals surface area contributed by atoms with Crippen LogP contribution >= 0.6 is 0 Å². The Morgan fingerprint density at radius 3 is 2.38 bits per heavy atom. The molecule has 0 saturated heterocycles.